The van der Waals surface area contributed by atoms with Gasteiger partial charge in [0.15, 0.2) is 0 Å². The largest absolute Gasteiger partial charge is 0.758 e. The molecule has 0 aromatic carbocycles. The number of fused-ring (bicyclic) bond motifs is 1. The fourth-order valence-corrected chi connectivity index (χ4v) is 3.43. The maximum absolute atomic E-state index is 12.3. The molecule has 4 nitrogen and oxygen atoms in total. The molecule has 0 spiro atoms. The Bertz CT molecular complexity index is 455. The third-order valence-electron chi connectivity index (χ3n) is 3.58. The lowest BCUT2D eigenvalue weighted by Gasteiger charge is -2.44. The summed E-state index contributed by atoms with van der Waals surface area (Å²) in [5.41, 5.74) is 0.526. The second-order valence-electron chi connectivity index (χ2n) is 4.60. The topological polar surface area (TPSA) is 46.4 Å². The van der Waals surface area contributed by atoms with Crippen molar-refractivity contribution in [2.24, 2.45) is 0 Å². The maximum Gasteiger partial charge on any atom is 0.245 e. The molecule has 1 saturated carbocycles. The number of thiophene rings is 1. The summed E-state index contributed by atoms with van der Waals surface area (Å²) in [6.07, 6.45) is 5.23. The van der Waals surface area contributed by atoms with E-state index in [-0.39, 0.29) is 12.1 Å². The van der Waals surface area contributed by atoms with Crippen LogP contribution >= 0.6 is 11.3 Å². The van der Waals surface area contributed by atoms with E-state index >= 15 is 0 Å². The second kappa shape index (κ2) is 4.23. The summed E-state index contributed by atoms with van der Waals surface area (Å²) >= 11 is 1.50. The molecule has 1 fully saturated rings. The highest BCUT2D eigenvalue weighted by Crippen LogP contribution is 2.35. The summed E-state index contributed by atoms with van der Waals surface area (Å²) in [5.74, 6) is 0. The third-order valence-corrected chi connectivity index (χ3v) is 4.47. The van der Waals surface area contributed by atoms with Gasteiger partial charge in [0.05, 0.1) is 10.9 Å². The smallest absolute Gasteiger partial charge is 0.245 e. The monoisotopic (exact) mass is 250 g/mol. The summed E-state index contributed by atoms with van der Waals surface area (Å²) in [4.78, 5) is 12.8. The number of hydrogen-bond acceptors (Lipinski definition) is 4. The van der Waals surface area contributed by atoms with Crippen molar-refractivity contribution in [1.29, 1.82) is 0 Å². The van der Waals surface area contributed by atoms with Crippen LogP contribution in [0.2, 0.25) is 0 Å². The van der Waals surface area contributed by atoms with Crippen LogP contribution in [0.1, 0.15) is 30.6 Å². The number of hydroxylamine groups is 2. The Hall–Kier alpha value is -1.20. The van der Waals surface area contributed by atoms with Crippen LogP contribution in [0, 0.1) is 10.1 Å². The fraction of sp³-hybridized carbons (Fsp3) is 0.500. The van der Waals surface area contributed by atoms with Gasteiger partial charge >= 0.3 is 0 Å². The Morgan fingerprint density at radius 3 is 3.00 bits per heavy atom. The summed E-state index contributed by atoms with van der Waals surface area (Å²) in [7, 11) is 0. The van der Waals surface area contributed by atoms with Crippen LogP contribution in [-0.2, 0) is 0 Å². The van der Waals surface area contributed by atoms with Gasteiger partial charge in [0, 0.05) is 16.1 Å². The van der Waals surface area contributed by atoms with Gasteiger partial charge in [-0.25, -0.2) is 0 Å². The fourth-order valence-electron chi connectivity index (χ4n) is 2.71. The van der Waals surface area contributed by atoms with Crippen molar-refractivity contribution >= 4 is 17.0 Å². The van der Waals surface area contributed by atoms with Gasteiger partial charge in [-0.05, 0) is 24.3 Å². The molecule has 3 rings (SSSR count). The van der Waals surface area contributed by atoms with E-state index in [9.17, 15) is 10.1 Å². The van der Waals surface area contributed by atoms with E-state index < -0.39 is 0 Å². The van der Waals surface area contributed by atoms with Gasteiger partial charge in [-0.2, -0.15) is 0 Å². The zero-order valence-electron chi connectivity index (χ0n) is 9.41. The van der Waals surface area contributed by atoms with Crippen LogP contribution in [0.25, 0.3) is 5.70 Å². The van der Waals surface area contributed by atoms with E-state index in [0.717, 1.165) is 40.4 Å². The predicted molar refractivity (Wildman–Crippen MR) is 67.2 cm³/mol. The molecule has 0 bridgehead atoms. The van der Waals surface area contributed by atoms with Crippen LogP contribution in [0.15, 0.2) is 23.7 Å². The maximum atomic E-state index is 12.3. The highest BCUT2D eigenvalue weighted by atomic mass is 32.1. The van der Waals surface area contributed by atoms with Crippen molar-refractivity contribution in [3.8, 4) is 0 Å². The van der Waals surface area contributed by atoms with Crippen molar-refractivity contribution in [2.45, 2.75) is 37.8 Å². The molecular formula is C12H14N2O2S. The number of nitroso groups, excluding NO2 is 1. The van der Waals surface area contributed by atoms with Gasteiger partial charge in [-0.15, -0.1) is 11.3 Å². The standard InChI is InChI=1S/C12H14N2O2S/c15-13-8-11(12-6-3-7-17-12)14(16)10-5-2-1-4-9(10)13/h3,6-10H,1-2,4-5H2/t9-,10-/m0/s1. The second-order valence-corrected chi connectivity index (χ2v) is 5.54. The lowest BCUT2D eigenvalue weighted by Crippen LogP contribution is -2.48. The zero-order chi connectivity index (χ0) is 11.8. The Morgan fingerprint density at radius 1 is 1.41 bits per heavy atom. The lowest BCUT2D eigenvalue weighted by atomic mass is 9.88. The first-order chi connectivity index (χ1) is 8.27. The average Bonchev–Trinajstić information content (AvgIpc) is 2.87. The van der Waals surface area contributed by atoms with Crippen LogP contribution in [-0.4, -0.2) is 21.9 Å². The first kappa shape index (κ1) is 10.9. The Balaban J connectivity index is 1.97. The van der Waals surface area contributed by atoms with Crippen molar-refractivity contribution in [1.82, 2.24) is 5.06 Å². The molecule has 5 heteroatoms. The molecule has 0 radical (unpaired) electrons. The number of hydrogen-bond donors (Lipinski definition) is 0. The zero-order valence-corrected chi connectivity index (χ0v) is 10.2. The van der Waals surface area contributed by atoms with Gasteiger partial charge in [-0.1, -0.05) is 12.5 Å². The lowest BCUT2D eigenvalue weighted by molar-refractivity contribution is -0.536. The van der Waals surface area contributed by atoms with Crippen molar-refractivity contribution in [3.63, 3.8) is 0 Å². The van der Waals surface area contributed by atoms with E-state index in [2.05, 4.69) is 0 Å². The van der Waals surface area contributed by atoms with Gasteiger partial charge in [0.2, 0.25) is 12.2 Å². The molecule has 1 aliphatic heterocycles. The van der Waals surface area contributed by atoms with Crippen molar-refractivity contribution < 1.29 is 4.76 Å². The van der Waals surface area contributed by atoms with E-state index in [1.807, 2.05) is 17.5 Å². The predicted octanol–water partition coefficient (Wildman–Crippen LogP) is 2.95. The van der Waals surface area contributed by atoms with E-state index in [4.69, 9.17) is 0 Å². The minimum absolute atomic E-state index is 0.148. The minimum Gasteiger partial charge on any atom is -0.758 e. The Labute approximate surface area is 104 Å². The Kier molecular flexibility index (Phi) is 2.72. The molecule has 2 heterocycles. The molecule has 17 heavy (non-hydrogen) atoms. The molecule has 0 saturated heterocycles. The highest BCUT2D eigenvalue weighted by molar-refractivity contribution is 7.11. The van der Waals surface area contributed by atoms with Crippen LogP contribution in [0.5, 0.6) is 0 Å². The summed E-state index contributed by atoms with van der Waals surface area (Å²) < 4.78 is 0.993. The summed E-state index contributed by atoms with van der Waals surface area (Å²) in [5, 5.41) is 15.3. The van der Waals surface area contributed by atoms with E-state index in [1.165, 1.54) is 17.5 Å². The summed E-state index contributed by atoms with van der Waals surface area (Å²) in [6.45, 7) is 0. The molecule has 2 aliphatic rings. The molecule has 0 amide bonds. The quantitative estimate of drug-likeness (QED) is 0.720. The molecule has 0 N–H and O–H groups in total. The number of rotatable bonds is 1. The average molecular weight is 250 g/mol. The molecule has 2 atom stereocenters. The molecule has 0 unspecified atom stereocenters. The van der Waals surface area contributed by atoms with Crippen molar-refractivity contribution in [3.05, 3.63) is 38.7 Å². The first-order valence-electron chi connectivity index (χ1n) is 5.95. The molecule has 1 aromatic heterocycles. The summed E-state index contributed by atoms with van der Waals surface area (Å²) in [6, 6.07) is 3.48. The third kappa shape index (κ3) is 1.79. The number of nitrogens with zero attached hydrogens (tertiary/aromatic N) is 2. The highest BCUT2D eigenvalue weighted by Gasteiger charge is 2.41. The minimum atomic E-state index is -0.164. The van der Waals surface area contributed by atoms with Crippen molar-refractivity contribution in [2.75, 3.05) is 0 Å². The Morgan fingerprint density at radius 2 is 2.24 bits per heavy atom. The van der Waals surface area contributed by atoms with E-state index in [1.54, 1.807) is 0 Å². The van der Waals surface area contributed by atoms with Gasteiger partial charge < -0.3 is 10.3 Å². The molecular weight excluding hydrogens is 236 g/mol. The molecule has 1 aliphatic carbocycles. The normalized spacial score (nSPS) is 28.9. The van der Waals surface area contributed by atoms with Crippen LogP contribution in [0.4, 0.5) is 0 Å². The van der Waals surface area contributed by atoms with Gasteiger partial charge in [-0.3, -0.25) is 0 Å². The van der Waals surface area contributed by atoms with Gasteiger partial charge in [0.1, 0.15) is 5.70 Å². The van der Waals surface area contributed by atoms with Gasteiger partial charge in [0.25, 0.3) is 0 Å². The molecule has 90 valence electrons. The van der Waals surface area contributed by atoms with Crippen LogP contribution in [0.3, 0.4) is 0 Å². The van der Waals surface area contributed by atoms with Crippen LogP contribution < -0.4 is 0 Å². The molecule has 1 aromatic rings. The SMILES string of the molecule is O=[N+]1C=C(c2cccs2)N([O-])[C@H]2CCCC[C@@H]21. The van der Waals surface area contributed by atoms with E-state index in [0.29, 0.717) is 5.70 Å². The first-order valence-corrected chi connectivity index (χ1v) is 6.83.